The van der Waals surface area contributed by atoms with E-state index in [0.29, 0.717) is 11.3 Å². The number of carbonyl (C=O) groups excluding carboxylic acids is 1. The molecule has 0 fully saturated rings. The lowest BCUT2D eigenvalue weighted by Crippen LogP contribution is -2.13. The summed E-state index contributed by atoms with van der Waals surface area (Å²) < 4.78 is 0. The number of nitrogen functional groups attached to an aromatic ring is 1. The smallest absolute Gasteiger partial charge is 0.255 e. The molecule has 0 aliphatic rings. The van der Waals surface area contributed by atoms with Crippen LogP contribution in [-0.2, 0) is 0 Å². The van der Waals surface area contributed by atoms with Crippen molar-refractivity contribution in [2.75, 3.05) is 11.1 Å². The van der Waals surface area contributed by atoms with Gasteiger partial charge in [-0.25, -0.2) is 0 Å². The summed E-state index contributed by atoms with van der Waals surface area (Å²) >= 11 is 11.8. The van der Waals surface area contributed by atoms with Crippen LogP contribution in [-0.4, -0.2) is 5.91 Å². The zero-order valence-corrected chi connectivity index (χ0v) is 12.6. The molecule has 4 nitrogen and oxygen atoms in total. The van der Waals surface area contributed by atoms with Gasteiger partial charge in [-0.05, 0) is 30.7 Å². The minimum atomic E-state index is -0.416. The maximum Gasteiger partial charge on any atom is 0.255 e. The lowest BCUT2D eigenvalue weighted by molar-refractivity contribution is 0.102. The first-order valence-electron chi connectivity index (χ1n) is 5.99. The normalized spacial score (nSPS) is 10.0. The van der Waals surface area contributed by atoms with Crippen molar-refractivity contribution in [2.24, 2.45) is 0 Å². The number of aryl methyl sites for hydroxylation is 1. The average Bonchev–Trinajstić information content (AvgIpc) is 2.44. The number of halogens is 2. The third-order valence-electron chi connectivity index (χ3n) is 2.97. The number of nitrogens with two attached hydrogens (primary N) is 1. The van der Waals surface area contributed by atoms with Crippen LogP contribution >= 0.6 is 23.2 Å². The van der Waals surface area contributed by atoms with E-state index in [-0.39, 0.29) is 21.3 Å². The van der Waals surface area contributed by atoms with Gasteiger partial charge in [0, 0.05) is 5.56 Å². The Morgan fingerprint density at radius 2 is 1.90 bits per heavy atom. The second-order valence-electron chi connectivity index (χ2n) is 4.42. The molecule has 2 aromatic rings. The number of benzene rings is 2. The molecule has 6 heteroatoms. The van der Waals surface area contributed by atoms with Crippen molar-refractivity contribution in [3.63, 3.8) is 0 Å². The molecule has 0 spiro atoms. The molecule has 3 N–H and O–H groups in total. The van der Waals surface area contributed by atoms with Crippen molar-refractivity contribution >= 4 is 40.5 Å². The molecule has 0 saturated carbocycles. The molecule has 0 unspecified atom stereocenters. The highest BCUT2D eigenvalue weighted by Gasteiger charge is 2.13. The average molecular weight is 320 g/mol. The molecule has 0 atom stereocenters. The molecule has 0 saturated heterocycles. The van der Waals surface area contributed by atoms with Crippen molar-refractivity contribution in [2.45, 2.75) is 6.92 Å². The Hall–Kier alpha value is -2.22. The summed E-state index contributed by atoms with van der Waals surface area (Å²) in [5.41, 5.74) is 7.76. The summed E-state index contributed by atoms with van der Waals surface area (Å²) in [5.74, 6) is -0.416. The number of amides is 1. The van der Waals surface area contributed by atoms with E-state index >= 15 is 0 Å². The molecule has 0 aromatic heterocycles. The van der Waals surface area contributed by atoms with Crippen LogP contribution in [0.2, 0.25) is 10.0 Å². The lowest BCUT2D eigenvalue weighted by atomic mass is 10.1. The summed E-state index contributed by atoms with van der Waals surface area (Å²) in [6.45, 7) is 1.80. The number of nitrogens with zero attached hydrogens (tertiary/aromatic N) is 1. The molecular weight excluding hydrogens is 309 g/mol. The van der Waals surface area contributed by atoms with Crippen LogP contribution in [0, 0.1) is 18.3 Å². The number of rotatable bonds is 2. The van der Waals surface area contributed by atoms with Gasteiger partial charge in [0.05, 0.1) is 27.0 Å². The van der Waals surface area contributed by atoms with Crippen molar-refractivity contribution < 1.29 is 4.79 Å². The van der Waals surface area contributed by atoms with Crippen LogP contribution in [0.15, 0.2) is 30.3 Å². The number of nitriles is 1. The summed E-state index contributed by atoms with van der Waals surface area (Å²) in [5, 5.41) is 12.2. The van der Waals surface area contributed by atoms with Gasteiger partial charge in [-0.15, -0.1) is 0 Å². The third kappa shape index (κ3) is 3.10. The number of carbonyl (C=O) groups is 1. The van der Waals surface area contributed by atoms with Gasteiger partial charge in [-0.2, -0.15) is 5.26 Å². The van der Waals surface area contributed by atoms with Crippen LogP contribution in [0.4, 0.5) is 11.4 Å². The van der Waals surface area contributed by atoms with E-state index in [1.807, 2.05) is 0 Å². The van der Waals surface area contributed by atoms with E-state index in [2.05, 4.69) is 11.4 Å². The van der Waals surface area contributed by atoms with Crippen molar-refractivity contribution in [3.8, 4) is 6.07 Å². The largest absolute Gasteiger partial charge is 0.396 e. The second-order valence-corrected chi connectivity index (χ2v) is 5.23. The van der Waals surface area contributed by atoms with Gasteiger partial charge in [-0.1, -0.05) is 35.3 Å². The predicted molar refractivity (Wildman–Crippen MR) is 84.7 cm³/mol. The summed E-state index contributed by atoms with van der Waals surface area (Å²) in [7, 11) is 0. The molecule has 0 heterocycles. The van der Waals surface area contributed by atoms with Crippen LogP contribution in [0.25, 0.3) is 0 Å². The number of nitrogens with one attached hydrogen (secondary N) is 1. The highest BCUT2D eigenvalue weighted by atomic mass is 35.5. The maximum atomic E-state index is 12.2. The zero-order valence-electron chi connectivity index (χ0n) is 11.1. The van der Waals surface area contributed by atoms with Crippen molar-refractivity contribution in [1.82, 2.24) is 0 Å². The molecule has 0 bridgehead atoms. The molecule has 106 valence electrons. The van der Waals surface area contributed by atoms with E-state index < -0.39 is 5.91 Å². The SMILES string of the molecule is Cc1cccc(NC(=O)c2cc(Cl)c(N)c(Cl)c2)c1C#N. The Bertz CT molecular complexity index is 743. The van der Waals surface area contributed by atoms with E-state index in [1.165, 1.54) is 12.1 Å². The third-order valence-corrected chi connectivity index (χ3v) is 3.60. The number of anilines is 2. The van der Waals surface area contributed by atoms with Crippen molar-refractivity contribution in [1.29, 1.82) is 5.26 Å². The summed E-state index contributed by atoms with van der Waals surface area (Å²) in [6.07, 6.45) is 0. The maximum absolute atomic E-state index is 12.2. The molecule has 0 aliphatic carbocycles. The van der Waals surface area contributed by atoms with E-state index in [0.717, 1.165) is 5.56 Å². The quantitative estimate of drug-likeness (QED) is 0.821. The predicted octanol–water partition coefficient (Wildman–Crippen LogP) is 4.01. The fourth-order valence-electron chi connectivity index (χ4n) is 1.83. The fraction of sp³-hybridized carbons (Fsp3) is 0.0667. The standard InChI is InChI=1S/C15H11Cl2N3O/c1-8-3-2-4-13(10(8)7-18)20-15(21)9-5-11(16)14(19)12(17)6-9/h2-6H,19H2,1H3,(H,20,21). The minimum absolute atomic E-state index is 0.206. The molecule has 0 radical (unpaired) electrons. The zero-order chi connectivity index (χ0) is 15.6. The first-order valence-corrected chi connectivity index (χ1v) is 6.75. The van der Waals surface area contributed by atoms with Gasteiger partial charge >= 0.3 is 0 Å². The second kappa shape index (κ2) is 6.04. The topological polar surface area (TPSA) is 78.9 Å². The van der Waals surface area contributed by atoms with Gasteiger partial charge < -0.3 is 11.1 Å². The van der Waals surface area contributed by atoms with Crippen LogP contribution in [0.1, 0.15) is 21.5 Å². The molecular formula is C15H11Cl2N3O. The molecule has 0 aliphatic heterocycles. The van der Waals surface area contributed by atoms with Crippen LogP contribution < -0.4 is 11.1 Å². The minimum Gasteiger partial charge on any atom is -0.396 e. The first-order chi connectivity index (χ1) is 9.93. The number of hydrogen-bond acceptors (Lipinski definition) is 3. The van der Waals surface area contributed by atoms with Gasteiger partial charge in [0.15, 0.2) is 0 Å². The van der Waals surface area contributed by atoms with Gasteiger partial charge in [0.25, 0.3) is 5.91 Å². The Kier molecular flexibility index (Phi) is 4.37. The summed E-state index contributed by atoms with van der Waals surface area (Å²) in [6, 6.07) is 10.1. The van der Waals surface area contributed by atoms with E-state index in [1.54, 1.807) is 25.1 Å². The lowest BCUT2D eigenvalue weighted by Gasteiger charge is -2.10. The molecule has 21 heavy (non-hydrogen) atoms. The fourth-order valence-corrected chi connectivity index (χ4v) is 2.32. The monoisotopic (exact) mass is 319 g/mol. The van der Waals surface area contributed by atoms with Gasteiger partial charge in [0.2, 0.25) is 0 Å². The molecule has 2 aromatic carbocycles. The van der Waals surface area contributed by atoms with Crippen molar-refractivity contribution in [3.05, 3.63) is 57.1 Å². The Morgan fingerprint density at radius 1 is 1.29 bits per heavy atom. The highest BCUT2D eigenvalue weighted by Crippen LogP contribution is 2.29. The van der Waals surface area contributed by atoms with E-state index in [9.17, 15) is 4.79 Å². The van der Waals surface area contributed by atoms with E-state index in [4.69, 9.17) is 34.2 Å². The van der Waals surface area contributed by atoms with Crippen LogP contribution in [0.5, 0.6) is 0 Å². The molecule has 1 amide bonds. The Morgan fingerprint density at radius 3 is 2.48 bits per heavy atom. The molecule has 2 rings (SSSR count). The Labute approximate surface area is 132 Å². The summed E-state index contributed by atoms with van der Waals surface area (Å²) in [4.78, 5) is 12.2. The van der Waals surface area contributed by atoms with Crippen LogP contribution in [0.3, 0.4) is 0 Å². The van der Waals surface area contributed by atoms with Gasteiger partial charge in [0.1, 0.15) is 6.07 Å². The Balaban J connectivity index is 2.36. The highest BCUT2D eigenvalue weighted by molar-refractivity contribution is 6.39. The number of hydrogen-bond donors (Lipinski definition) is 2. The first kappa shape index (κ1) is 15.2. The van der Waals surface area contributed by atoms with Gasteiger partial charge in [-0.3, -0.25) is 4.79 Å².